The van der Waals surface area contributed by atoms with Crippen molar-refractivity contribution in [1.82, 2.24) is 9.88 Å². The number of carboxylic acids is 1. The number of para-hydroxylation sites is 1. The lowest BCUT2D eigenvalue weighted by Gasteiger charge is -2.38. The normalized spacial score (nSPS) is 19.5. The van der Waals surface area contributed by atoms with E-state index < -0.39 is 22.8 Å². The summed E-state index contributed by atoms with van der Waals surface area (Å²) in [5.41, 5.74) is 0.496. The first-order chi connectivity index (χ1) is 13.8. The van der Waals surface area contributed by atoms with Gasteiger partial charge in [0.05, 0.1) is 11.2 Å². The molecule has 29 heavy (non-hydrogen) atoms. The average Bonchev–Trinajstić information content (AvgIpc) is 2.68. The number of carboxylic acid groups (broad SMARTS) is 1. The number of pyridine rings is 1. The van der Waals surface area contributed by atoms with Gasteiger partial charge in [0, 0.05) is 42.4 Å². The highest BCUT2D eigenvalue weighted by molar-refractivity contribution is 5.94. The summed E-state index contributed by atoms with van der Waals surface area (Å²) < 4.78 is 16.7. The highest BCUT2D eigenvalue weighted by Gasteiger charge is 2.25. The van der Waals surface area contributed by atoms with Gasteiger partial charge in [0.1, 0.15) is 11.4 Å². The van der Waals surface area contributed by atoms with E-state index in [9.17, 15) is 14.7 Å². The van der Waals surface area contributed by atoms with Gasteiger partial charge in [0.25, 0.3) is 0 Å². The van der Waals surface area contributed by atoms with Crippen molar-refractivity contribution in [3.8, 4) is 5.69 Å². The Morgan fingerprint density at radius 2 is 1.79 bits per heavy atom. The number of hydrogen-bond donors (Lipinski definition) is 2. The summed E-state index contributed by atoms with van der Waals surface area (Å²) in [6.07, 6.45) is 1.31. The number of halogens is 1. The van der Waals surface area contributed by atoms with E-state index in [1.807, 2.05) is 49.1 Å². The number of carbonyl (C=O) groups is 1. The molecule has 2 aromatic carbocycles. The van der Waals surface area contributed by atoms with Gasteiger partial charge in [-0.25, -0.2) is 9.18 Å². The number of aromatic carboxylic acids is 1. The highest BCUT2D eigenvalue weighted by atomic mass is 19.1. The topological polar surface area (TPSA) is 74.6 Å². The fourth-order valence-corrected chi connectivity index (χ4v) is 4.05. The molecule has 0 bridgehead atoms. The van der Waals surface area contributed by atoms with E-state index in [-0.39, 0.29) is 17.5 Å². The predicted molar refractivity (Wildman–Crippen MR) is 111 cm³/mol. The lowest BCUT2D eigenvalue weighted by atomic mass is 10.1. The number of nitrogens with zero attached hydrogens (tertiary/aromatic N) is 2. The van der Waals surface area contributed by atoms with Crippen LogP contribution in [0.25, 0.3) is 16.6 Å². The lowest BCUT2D eigenvalue weighted by molar-refractivity contribution is 0.0695. The largest absolute Gasteiger partial charge is 0.477 e. The van der Waals surface area contributed by atoms with Crippen LogP contribution >= 0.6 is 0 Å². The third kappa shape index (κ3) is 3.49. The third-order valence-electron chi connectivity index (χ3n) is 5.24. The minimum absolute atomic E-state index is 0.0474. The Kier molecular flexibility index (Phi) is 4.84. The van der Waals surface area contributed by atoms with Crippen LogP contribution in [0.1, 0.15) is 24.2 Å². The zero-order valence-corrected chi connectivity index (χ0v) is 16.2. The number of rotatable bonds is 3. The molecule has 2 atom stereocenters. The van der Waals surface area contributed by atoms with E-state index in [0.29, 0.717) is 30.0 Å². The van der Waals surface area contributed by atoms with Crippen molar-refractivity contribution in [2.45, 2.75) is 25.9 Å². The Morgan fingerprint density at radius 3 is 2.41 bits per heavy atom. The van der Waals surface area contributed by atoms with E-state index in [1.165, 1.54) is 6.20 Å². The molecule has 1 saturated heterocycles. The molecule has 0 radical (unpaired) electrons. The van der Waals surface area contributed by atoms with E-state index in [4.69, 9.17) is 0 Å². The molecule has 0 saturated carbocycles. The van der Waals surface area contributed by atoms with Crippen LogP contribution in [-0.4, -0.2) is 40.8 Å². The number of fused-ring (bicyclic) bond motifs is 1. The van der Waals surface area contributed by atoms with Crippen molar-refractivity contribution in [1.29, 1.82) is 0 Å². The number of anilines is 1. The number of benzene rings is 2. The summed E-state index contributed by atoms with van der Waals surface area (Å²) >= 11 is 0. The van der Waals surface area contributed by atoms with Crippen molar-refractivity contribution < 1.29 is 14.3 Å². The Balaban J connectivity index is 1.99. The summed E-state index contributed by atoms with van der Waals surface area (Å²) in [7, 11) is 0. The quantitative estimate of drug-likeness (QED) is 0.713. The predicted octanol–water partition coefficient (Wildman–Crippen LogP) is 3.01. The monoisotopic (exact) mass is 395 g/mol. The van der Waals surface area contributed by atoms with Gasteiger partial charge in [0.15, 0.2) is 0 Å². The maximum atomic E-state index is 15.0. The average molecular weight is 395 g/mol. The molecule has 3 aromatic rings. The van der Waals surface area contributed by atoms with Gasteiger partial charge in [-0.2, -0.15) is 0 Å². The number of hydrogen-bond acceptors (Lipinski definition) is 4. The first-order valence-corrected chi connectivity index (χ1v) is 9.53. The van der Waals surface area contributed by atoms with Crippen LogP contribution in [0.5, 0.6) is 0 Å². The summed E-state index contributed by atoms with van der Waals surface area (Å²) in [6, 6.07) is 12.3. The fourth-order valence-electron chi connectivity index (χ4n) is 4.05. The van der Waals surface area contributed by atoms with Gasteiger partial charge in [-0.1, -0.05) is 18.2 Å². The fraction of sp³-hybridized carbons (Fsp3) is 0.273. The maximum absolute atomic E-state index is 15.0. The minimum Gasteiger partial charge on any atom is -0.477 e. The van der Waals surface area contributed by atoms with Gasteiger partial charge < -0.3 is 19.9 Å². The van der Waals surface area contributed by atoms with E-state index in [0.717, 1.165) is 6.07 Å². The highest BCUT2D eigenvalue weighted by Crippen LogP contribution is 2.28. The minimum atomic E-state index is -1.34. The Bertz CT molecular complexity index is 1130. The molecular weight excluding hydrogens is 373 g/mol. The second-order valence-corrected chi connectivity index (χ2v) is 7.58. The van der Waals surface area contributed by atoms with Gasteiger partial charge in [-0.15, -0.1) is 0 Å². The third-order valence-corrected chi connectivity index (χ3v) is 5.24. The Morgan fingerprint density at radius 1 is 1.14 bits per heavy atom. The molecule has 1 aromatic heterocycles. The molecule has 1 fully saturated rings. The SMILES string of the molecule is CC1CN(c2cc3c(cc2F)c(=O)c(C(=O)O)cn3-c2ccccc2)CC(C)N1. The molecule has 0 aliphatic carbocycles. The molecule has 0 amide bonds. The number of nitrogens with one attached hydrogen (secondary N) is 1. The summed E-state index contributed by atoms with van der Waals surface area (Å²) in [4.78, 5) is 26.3. The van der Waals surface area contributed by atoms with E-state index >= 15 is 4.39 Å². The first kappa shape index (κ1) is 19.1. The molecule has 7 heteroatoms. The number of piperazine rings is 1. The zero-order valence-electron chi connectivity index (χ0n) is 16.2. The molecule has 2 N–H and O–H groups in total. The van der Waals surface area contributed by atoms with Crippen LogP contribution in [0.4, 0.5) is 10.1 Å². The number of aromatic nitrogens is 1. The second-order valence-electron chi connectivity index (χ2n) is 7.58. The smallest absolute Gasteiger partial charge is 0.341 e. The molecule has 0 spiro atoms. The molecule has 2 unspecified atom stereocenters. The van der Waals surface area contributed by atoms with Crippen LogP contribution in [-0.2, 0) is 0 Å². The van der Waals surface area contributed by atoms with Crippen molar-refractivity contribution in [2.75, 3.05) is 18.0 Å². The molecule has 2 heterocycles. The van der Waals surface area contributed by atoms with Crippen molar-refractivity contribution in [2.24, 2.45) is 0 Å². The van der Waals surface area contributed by atoms with Gasteiger partial charge in [-0.3, -0.25) is 4.79 Å². The van der Waals surface area contributed by atoms with Crippen molar-refractivity contribution in [3.05, 3.63) is 70.3 Å². The van der Waals surface area contributed by atoms with E-state index in [2.05, 4.69) is 5.32 Å². The molecule has 150 valence electrons. The molecular formula is C22H22FN3O3. The zero-order chi connectivity index (χ0) is 20.7. The summed E-state index contributed by atoms with van der Waals surface area (Å²) in [6.45, 7) is 5.35. The lowest BCUT2D eigenvalue weighted by Crippen LogP contribution is -2.54. The van der Waals surface area contributed by atoms with E-state index in [1.54, 1.807) is 10.6 Å². The second kappa shape index (κ2) is 7.33. The van der Waals surface area contributed by atoms with Crippen molar-refractivity contribution >= 4 is 22.6 Å². The maximum Gasteiger partial charge on any atom is 0.341 e. The molecule has 4 rings (SSSR count). The molecule has 1 aliphatic heterocycles. The molecule has 1 aliphatic rings. The van der Waals surface area contributed by atoms with Gasteiger partial charge in [-0.05, 0) is 38.1 Å². The first-order valence-electron chi connectivity index (χ1n) is 9.53. The van der Waals surface area contributed by atoms with Crippen LogP contribution in [0.2, 0.25) is 0 Å². The van der Waals surface area contributed by atoms with Crippen LogP contribution < -0.4 is 15.6 Å². The van der Waals surface area contributed by atoms with Gasteiger partial charge >= 0.3 is 5.97 Å². The van der Waals surface area contributed by atoms with Crippen molar-refractivity contribution in [3.63, 3.8) is 0 Å². The summed E-state index contributed by atoms with van der Waals surface area (Å²) in [5, 5.41) is 12.9. The van der Waals surface area contributed by atoms with Crippen LogP contribution in [0, 0.1) is 5.82 Å². The Labute approximate surface area is 167 Å². The molecule has 6 nitrogen and oxygen atoms in total. The van der Waals surface area contributed by atoms with Crippen LogP contribution in [0.3, 0.4) is 0 Å². The Hall–Kier alpha value is -3.19. The summed E-state index contributed by atoms with van der Waals surface area (Å²) in [5.74, 6) is -1.87. The standard InChI is InChI=1S/C22H22FN3O3/c1-13-10-25(11-14(2)24-13)20-9-19-16(8-18(20)23)21(27)17(22(28)29)12-26(19)15-6-4-3-5-7-15/h3-9,12-14,24H,10-11H2,1-2H3,(H,28,29). The van der Waals surface area contributed by atoms with Gasteiger partial charge in [0.2, 0.25) is 5.43 Å². The van der Waals surface area contributed by atoms with Crippen LogP contribution in [0.15, 0.2) is 53.5 Å².